The largest absolute Gasteiger partial charge is 0.506 e. The van der Waals surface area contributed by atoms with E-state index in [1.165, 1.54) is 0 Å². The van der Waals surface area contributed by atoms with Crippen molar-refractivity contribution in [3.05, 3.63) is 23.0 Å². The van der Waals surface area contributed by atoms with Crippen LogP contribution in [-0.2, 0) is 0 Å². The van der Waals surface area contributed by atoms with E-state index in [0.717, 1.165) is 11.3 Å². The van der Waals surface area contributed by atoms with Gasteiger partial charge in [0.15, 0.2) is 0 Å². The summed E-state index contributed by atoms with van der Waals surface area (Å²) in [6.45, 7) is 5.59. The normalized spacial score (nSPS) is 9.00. The minimum absolute atomic E-state index is 0. The highest BCUT2D eigenvalue weighted by atomic mass is 35.5. The summed E-state index contributed by atoms with van der Waals surface area (Å²) < 4.78 is 0. The van der Waals surface area contributed by atoms with Gasteiger partial charge < -0.3 is 5.11 Å². The van der Waals surface area contributed by atoms with Gasteiger partial charge in [0.25, 0.3) is 0 Å². The molecule has 11 heavy (non-hydrogen) atoms. The average Bonchev–Trinajstić information content (AvgIpc) is 1.82. The van der Waals surface area contributed by atoms with E-state index in [1.54, 1.807) is 6.92 Å². The smallest absolute Gasteiger partial charge is 0.139 e. The summed E-state index contributed by atoms with van der Waals surface area (Å²) in [4.78, 5) is 4.08. The number of hydrogen-bond acceptors (Lipinski definition) is 2. The fourth-order valence-electron chi connectivity index (χ4n) is 1.02. The maximum absolute atomic E-state index is 9.27. The maximum Gasteiger partial charge on any atom is 0.139 e. The van der Waals surface area contributed by atoms with E-state index >= 15 is 0 Å². The number of nitrogens with zero attached hydrogens (tertiary/aromatic N) is 1. The molecular formula is C8H12ClNO. The van der Waals surface area contributed by atoms with Crippen LogP contribution in [0.5, 0.6) is 5.75 Å². The molecule has 0 aliphatic carbocycles. The van der Waals surface area contributed by atoms with E-state index in [-0.39, 0.29) is 12.4 Å². The quantitative estimate of drug-likeness (QED) is 0.652. The van der Waals surface area contributed by atoms with Crippen molar-refractivity contribution < 1.29 is 5.11 Å². The van der Waals surface area contributed by atoms with Crippen LogP contribution in [0.3, 0.4) is 0 Å². The van der Waals surface area contributed by atoms with Gasteiger partial charge in [-0.25, -0.2) is 0 Å². The molecule has 0 aliphatic heterocycles. The Balaban J connectivity index is 0.000001000. The standard InChI is InChI=1S/C8H11NO.ClH/c1-5-4-6(2)9-7(3)8(5)10;/h4,10H,1-3H3;1H. The Bertz CT molecular complexity index is 237. The molecule has 0 atom stereocenters. The summed E-state index contributed by atoms with van der Waals surface area (Å²) in [5, 5.41) is 9.27. The Hall–Kier alpha value is -0.760. The van der Waals surface area contributed by atoms with Crippen LogP contribution in [-0.4, -0.2) is 10.1 Å². The first-order chi connectivity index (χ1) is 4.61. The van der Waals surface area contributed by atoms with Gasteiger partial charge in [-0.3, -0.25) is 4.98 Å². The van der Waals surface area contributed by atoms with Crippen molar-refractivity contribution in [2.24, 2.45) is 0 Å². The highest BCUT2D eigenvalue weighted by Gasteiger charge is 2.00. The third kappa shape index (κ3) is 2.09. The predicted octanol–water partition coefficient (Wildman–Crippen LogP) is 2.13. The molecule has 2 nitrogen and oxygen atoms in total. The molecule has 0 aliphatic rings. The van der Waals surface area contributed by atoms with Crippen molar-refractivity contribution in [3.63, 3.8) is 0 Å². The molecule has 0 radical (unpaired) electrons. The Morgan fingerprint density at radius 2 is 1.82 bits per heavy atom. The molecule has 1 heterocycles. The summed E-state index contributed by atoms with van der Waals surface area (Å²) in [5.41, 5.74) is 2.55. The van der Waals surface area contributed by atoms with Gasteiger partial charge in [0, 0.05) is 5.69 Å². The SMILES string of the molecule is Cc1cc(C)c(O)c(C)n1.Cl. The van der Waals surface area contributed by atoms with Crippen LogP contribution in [0.15, 0.2) is 6.07 Å². The van der Waals surface area contributed by atoms with Gasteiger partial charge in [-0.15, -0.1) is 12.4 Å². The molecule has 1 rings (SSSR count). The number of aryl methyl sites for hydroxylation is 3. The lowest BCUT2D eigenvalue weighted by atomic mass is 10.2. The van der Waals surface area contributed by atoms with Crippen LogP contribution in [0.25, 0.3) is 0 Å². The number of aromatic hydroxyl groups is 1. The fourth-order valence-corrected chi connectivity index (χ4v) is 1.02. The highest BCUT2D eigenvalue weighted by molar-refractivity contribution is 5.85. The first-order valence-corrected chi connectivity index (χ1v) is 3.25. The first kappa shape index (κ1) is 10.2. The van der Waals surface area contributed by atoms with Crippen molar-refractivity contribution in [2.45, 2.75) is 20.8 Å². The lowest BCUT2D eigenvalue weighted by molar-refractivity contribution is 0.463. The molecule has 0 spiro atoms. The minimum atomic E-state index is 0. The Morgan fingerprint density at radius 3 is 2.27 bits per heavy atom. The summed E-state index contributed by atoms with van der Waals surface area (Å²) in [5.74, 6) is 0.311. The second-order valence-electron chi connectivity index (χ2n) is 2.51. The van der Waals surface area contributed by atoms with Crippen LogP contribution >= 0.6 is 12.4 Å². The number of rotatable bonds is 0. The fraction of sp³-hybridized carbons (Fsp3) is 0.375. The van der Waals surface area contributed by atoms with Gasteiger partial charge in [0.05, 0.1) is 5.69 Å². The van der Waals surface area contributed by atoms with Gasteiger partial charge >= 0.3 is 0 Å². The third-order valence-corrected chi connectivity index (χ3v) is 1.49. The van der Waals surface area contributed by atoms with Crippen LogP contribution in [0, 0.1) is 20.8 Å². The number of halogens is 1. The zero-order valence-electron chi connectivity index (χ0n) is 6.88. The molecule has 3 heteroatoms. The molecular weight excluding hydrogens is 162 g/mol. The van der Waals surface area contributed by atoms with Crippen molar-refractivity contribution in [2.75, 3.05) is 0 Å². The highest BCUT2D eigenvalue weighted by Crippen LogP contribution is 2.18. The maximum atomic E-state index is 9.27. The van der Waals surface area contributed by atoms with Crippen molar-refractivity contribution in [1.82, 2.24) is 4.98 Å². The number of pyridine rings is 1. The molecule has 1 N–H and O–H groups in total. The zero-order chi connectivity index (χ0) is 7.72. The first-order valence-electron chi connectivity index (χ1n) is 3.25. The van der Waals surface area contributed by atoms with Gasteiger partial charge in [0.2, 0.25) is 0 Å². The molecule has 0 amide bonds. The number of hydrogen-bond donors (Lipinski definition) is 1. The molecule has 1 aromatic heterocycles. The molecule has 0 saturated carbocycles. The van der Waals surface area contributed by atoms with E-state index in [1.807, 2.05) is 19.9 Å². The molecule has 62 valence electrons. The van der Waals surface area contributed by atoms with Gasteiger partial charge in [-0.2, -0.15) is 0 Å². The minimum Gasteiger partial charge on any atom is -0.506 e. The molecule has 1 aromatic rings. The lowest BCUT2D eigenvalue weighted by Crippen LogP contribution is -1.88. The summed E-state index contributed by atoms with van der Waals surface area (Å²) in [6, 6.07) is 1.86. The van der Waals surface area contributed by atoms with E-state index < -0.39 is 0 Å². The summed E-state index contributed by atoms with van der Waals surface area (Å²) in [6.07, 6.45) is 0. The Kier molecular flexibility index (Phi) is 3.33. The predicted molar refractivity (Wildman–Crippen MR) is 47.4 cm³/mol. The van der Waals surface area contributed by atoms with Crippen LogP contribution < -0.4 is 0 Å². The Labute approximate surface area is 72.7 Å². The summed E-state index contributed by atoms with van der Waals surface area (Å²) in [7, 11) is 0. The second-order valence-corrected chi connectivity index (χ2v) is 2.51. The van der Waals surface area contributed by atoms with E-state index in [2.05, 4.69) is 4.98 Å². The van der Waals surface area contributed by atoms with Gasteiger partial charge in [-0.05, 0) is 32.4 Å². The lowest BCUT2D eigenvalue weighted by Gasteiger charge is -2.02. The second kappa shape index (κ2) is 3.58. The van der Waals surface area contributed by atoms with Crippen molar-refractivity contribution >= 4 is 12.4 Å². The molecule has 0 saturated heterocycles. The Morgan fingerprint density at radius 1 is 1.27 bits per heavy atom. The molecule has 0 unspecified atom stereocenters. The van der Waals surface area contributed by atoms with Gasteiger partial charge in [-0.1, -0.05) is 0 Å². The van der Waals surface area contributed by atoms with Crippen molar-refractivity contribution in [3.8, 4) is 5.75 Å². The van der Waals surface area contributed by atoms with E-state index in [0.29, 0.717) is 11.4 Å². The topological polar surface area (TPSA) is 33.1 Å². The van der Waals surface area contributed by atoms with Crippen molar-refractivity contribution in [1.29, 1.82) is 0 Å². The van der Waals surface area contributed by atoms with Crippen LogP contribution in [0.1, 0.15) is 17.0 Å². The zero-order valence-corrected chi connectivity index (χ0v) is 7.70. The van der Waals surface area contributed by atoms with E-state index in [4.69, 9.17) is 0 Å². The summed E-state index contributed by atoms with van der Waals surface area (Å²) >= 11 is 0. The van der Waals surface area contributed by atoms with Gasteiger partial charge in [0.1, 0.15) is 5.75 Å². The van der Waals surface area contributed by atoms with Crippen LogP contribution in [0.2, 0.25) is 0 Å². The molecule has 0 fully saturated rings. The van der Waals surface area contributed by atoms with Crippen LogP contribution in [0.4, 0.5) is 0 Å². The average molecular weight is 174 g/mol. The number of aromatic nitrogens is 1. The molecule has 0 aromatic carbocycles. The monoisotopic (exact) mass is 173 g/mol. The third-order valence-electron chi connectivity index (χ3n) is 1.49. The van der Waals surface area contributed by atoms with E-state index in [9.17, 15) is 5.11 Å². The molecule has 0 bridgehead atoms.